The van der Waals surface area contributed by atoms with Crippen LogP contribution in [0.15, 0.2) is 23.1 Å². The minimum atomic E-state index is -3.25. The lowest BCUT2D eigenvalue weighted by Gasteiger charge is -2.06. The van der Waals surface area contributed by atoms with E-state index in [1.165, 1.54) is 12.1 Å². The number of aromatic nitrogens is 2. The van der Waals surface area contributed by atoms with Crippen LogP contribution >= 0.6 is 11.6 Å². The maximum atomic E-state index is 11.5. The second kappa shape index (κ2) is 4.12. The van der Waals surface area contributed by atoms with Crippen molar-refractivity contribution in [1.29, 1.82) is 0 Å². The normalized spacial score (nSPS) is 11.7. The number of hydrogen-bond donors (Lipinski definition) is 1. The summed E-state index contributed by atoms with van der Waals surface area (Å²) in [7, 11) is -1.56. The fourth-order valence-electron chi connectivity index (χ4n) is 1.50. The second-order valence-electron chi connectivity index (χ2n) is 3.54. The average Bonchev–Trinajstić information content (AvgIpc) is 2.25. The van der Waals surface area contributed by atoms with Crippen molar-refractivity contribution in [1.82, 2.24) is 9.97 Å². The van der Waals surface area contributed by atoms with Gasteiger partial charge < -0.3 is 5.32 Å². The number of anilines is 1. The van der Waals surface area contributed by atoms with Gasteiger partial charge in [0, 0.05) is 18.7 Å². The van der Waals surface area contributed by atoms with E-state index in [0.29, 0.717) is 16.7 Å². The lowest BCUT2D eigenvalue weighted by molar-refractivity contribution is 0.602. The predicted octanol–water partition coefficient (Wildman–Crippen LogP) is 1.73. The molecule has 1 aromatic carbocycles. The molecule has 0 aliphatic carbocycles. The Morgan fingerprint density at radius 3 is 2.59 bits per heavy atom. The predicted molar refractivity (Wildman–Crippen MR) is 67.2 cm³/mol. The van der Waals surface area contributed by atoms with Crippen LogP contribution in [-0.2, 0) is 9.84 Å². The van der Waals surface area contributed by atoms with Crippen molar-refractivity contribution >= 4 is 38.2 Å². The Kier molecular flexibility index (Phi) is 2.92. The van der Waals surface area contributed by atoms with Crippen molar-refractivity contribution in [2.24, 2.45) is 0 Å². The van der Waals surface area contributed by atoms with Gasteiger partial charge >= 0.3 is 0 Å². The summed E-state index contributed by atoms with van der Waals surface area (Å²) in [4.78, 5) is 8.25. The SMILES string of the molecule is CNc1nc(Cl)nc2ccc(S(C)(=O)=O)cc12. The Morgan fingerprint density at radius 1 is 1.29 bits per heavy atom. The van der Waals surface area contributed by atoms with Crippen molar-refractivity contribution < 1.29 is 8.42 Å². The van der Waals surface area contributed by atoms with Crippen LogP contribution in [0.3, 0.4) is 0 Å². The maximum absolute atomic E-state index is 11.5. The third-order valence-corrected chi connectivity index (χ3v) is 3.58. The maximum Gasteiger partial charge on any atom is 0.224 e. The molecule has 0 saturated carbocycles. The molecule has 0 fully saturated rings. The number of nitrogens with one attached hydrogen (secondary N) is 1. The van der Waals surface area contributed by atoms with E-state index in [1.54, 1.807) is 13.1 Å². The average molecular weight is 272 g/mol. The largest absolute Gasteiger partial charge is 0.372 e. The first-order chi connectivity index (χ1) is 7.91. The van der Waals surface area contributed by atoms with Crippen molar-refractivity contribution in [2.45, 2.75) is 4.90 Å². The first-order valence-corrected chi connectivity index (χ1v) is 7.04. The van der Waals surface area contributed by atoms with Crippen LogP contribution < -0.4 is 5.32 Å². The molecular formula is C10H10ClN3O2S. The number of fused-ring (bicyclic) bond motifs is 1. The van der Waals surface area contributed by atoms with Crippen LogP contribution in [0.25, 0.3) is 10.9 Å². The summed E-state index contributed by atoms with van der Waals surface area (Å²) < 4.78 is 22.9. The van der Waals surface area contributed by atoms with E-state index in [9.17, 15) is 8.42 Å². The van der Waals surface area contributed by atoms with Gasteiger partial charge in [0.05, 0.1) is 10.4 Å². The minimum Gasteiger partial charge on any atom is -0.372 e. The molecule has 2 aromatic rings. The fourth-order valence-corrected chi connectivity index (χ4v) is 2.32. The third-order valence-electron chi connectivity index (χ3n) is 2.30. The Balaban J connectivity index is 2.81. The summed E-state index contributed by atoms with van der Waals surface area (Å²) in [5.74, 6) is 0.505. The Labute approximate surface area is 104 Å². The van der Waals surface area contributed by atoms with Crippen LogP contribution in [0, 0.1) is 0 Å². The molecule has 0 saturated heterocycles. The van der Waals surface area contributed by atoms with Crippen LogP contribution in [0.4, 0.5) is 5.82 Å². The van der Waals surface area contributed by atoms with Crippen LogP contribution in [-0.4, -0.2) is 31.7 Å². The molecule has 0 unspecified atom stereocenters. The third kappa shape index (κ3) is 2.32. The van der Waals surface area contributed by atoms with E-state index in [2.05, 4.69) is 15.3 Å². The monoisotopic (exact) mass is 271 g/mol. The van der Waals surface area contributed by atoms with Gasteiger partial charge in [-0.3, -0.25) is 0 Å². The summed E-state index contributed by atoms with van der Waals surface area (Å²) in [6, 6.07) is 4.65. The summed E-state index contributed by atoms with van der Waals surface area (Å²) >= 11 is 5.75. The molecule has 0 spiro atoms. The van der Waals surface area contributed by atoms with E-state index in [-0.39, 0.29) is 10.2 Å². The summed E-state index contributed by atoms with van der Waals surface area (Å²) in [6.45, 7) is 0. The van der Waals surface area contributed by atoms with Gasteiger partial charge in [-0.15, -0.1) is 0 Å². The van der Waals surface area contributed by atoms with Gasteiger partial charge in [-0.2, -0.15) is 0 Å². The molecular weight excluding hydrogens is 262 g/mol. The van der Waals surface area contributed by atoms with Crippen LogP contribution in [0.5, 0.6) is 0 Å². The molecule has 1 N–H and O–H groups in total. The fraction of sp³-hybridized carbons (Fsp3) is 0.200. The number of nitrogens with zero attached hydrogens (tertiary/aromatic N) is 2. The Morgan fingerprint density at radius 2 is 2.00 bits per heavy atom. The molecule has 5 nitrogen and oxygen atoms in total. The lowest BCUT2D eigenvalue weighted by Crippen LogP contribution is -2.00. The first kappa shape index (κ1) is 12.1. The molecule has 1 heterocycles. The zero-order chi connectivity index (χ0) is 12.6. The molecule has 17 heavy (non-hydrogen) atoms. The van der Waals surface area contributed by atoms with E-state index in [1.807, 2.05) is 0 Å². The van der Waals surface area contributed by atoms with E-state index >= 15 is 0 Å². The summed E-state index contributed by atoms with van der Waals surface area (Å²) in [6.07, 6.45) is 1.16. The van der Waals surface area contributed by atoms with Crippen LogP contribution in [0.2, 0.25) is 5.28 Å². The van der Waals surface area contributed by atoms with Gasteiger partial charge in [-0.1, -0.05) is 0 Å². The number of halogens is 1. The Bertz CT molecular complexity index is 685. The smallest absolute Gasteiger partial charge is 0.224 e. The zero-order valence-corrected chi connectivity index (χ0v) is 10.8. The number of rotatable bonds is 2. The van der Waals surface area contributed by atoms with Gasteiger partial charge in [0.15, 0.2) is 9.84 Å². The van der Waals surface area contributed by atoms with Gasteiger partial charge in [-0.25, -0.2) is 18.4 Å². The molecule has 2 rings (SSSR count). The highest BCUT2D eigenvalue weighted by Crippen LogP contribution is 2.24. The van der Waals surface area contributed by atoms with E-state index in [4.69, 9.17) is 11.6 Å². The molecule has 90 valence electrons. The quantitative estimate of drug-likeness (QED) is 0.842. The van der Waals surface area contributed by atoms with Gasteiger partial charge in [-0.05, 0) is 29.8 Å². The van der Waals surface area contributed by atoms with Gasteiger partial charge in [0.25, 0.3) is 0 Å². The van der Waals surface area contributed by atoms with Gasteiger partial charge in [0.1, 0.15) is 5.82 Å². The highest BCUT2D eigenvalue weighted by atomic mass is 35.5. The van der Waals surface area contributed by atoms with Crippen molar-refractivity contribution in [3.63, 3.8) is 0 Å². The highest BCUT2D eigenvalue weighted by Gasteiger charge is 2.11. The zero-order valence-electron chi connectivity index (χ0n) is 9.23. The van der Waals surface area contributed by atoms with E-state index in [0.717, 1.165) is 6.26 Å². The van der Waals surface area contributed by atoms with Crippen molar-refractivity contribution in [3.05, 3.63) is 23.5 Å². The molecule has 0 aliphatic heterocycles. The molecule has 1 aromatic heterocycles. The number of benzene rings is 1. The van der Waals surface area contributed by atoms with E-state index < -0.39 is 9.84 Å². The van der Waals surface area contributed by atoms with Crippen molar-refractivity contribution in [3.8, 4) is 0 Å². The standard InChI is InChI=1S/C10H10ClN3O2S/c1-12-9-7-5-6(17(2,15)16)3-4-8(7)13-10(11)14-9/h3-5H,1-2H3,(H,12,13,14). The number of hydrogen-bond acceptors (Lipinski definition) is 5. The molecule has 0 atom stereocenters. The second-order valence-corrected chi connectivity index (χ2v) is 5.90. The van der Waals surface area contributed by atoms with Crippen molar-refractivity contribution in [2.75, 3.05) is 18.6 Å². The first-order valence-electron chi connectivity index (χ1n) is 4.77. The summed E-state index contributed by atoms with van der Waals surface area (Å²) in [5, 5.41) is 3.60. The molecule has 0 aliphatic rings. The topological polar surface area (TPSA) is 72.0 Å². The minimum absolute atomic E-state index is 0.119. The number of sulfone groups is 1. The molecule has 0 radical (unpaired) electrons. The molecule has 7 heteroatoms. The summed E-state index contributed by atoms with van der Waals surface area (Å²) in [5.41, 5.74) is 0.599. The highest BCUT2D eigenvalue weighted by molar-refractivity contribution is 7.90. The van der Waals surface area contributed by atoms with Crippen LogP contribution in [0.1, 0.15) is 0 Å². The molecule has 0 bridgehead atoms. The lowest BCUT2D eigenvalue weighted by atomic mass is 10.2. The molecule has 0 amide bonds. The Hall–Kier alpha value is -1.40. The van der Waals surface area contributed by atoms with Gasteiger partial charge in [0.2, 0.25) is 5.28 Å².